The lowest BCUT2D eigenvalue weighted by atomic mass is 9.60. The Morgan fingerprint density at radius 3 is 2.25 bits per heavy atom. The maximum Gasteiger partial charge on any atom is 0.223 e. The SMILES string of the molecule is CN(C)C1CC2(CCN(C(=O)CCS(C)(=O)=O)CC2)C1. The number of hydrogen-bond acceptors (Lipinski definition) is 4. The minimum Gasteiger partial charge on any atom is -0.343 e. The van der Waals surface area contributed by atoms with Crippen LogP contribution >= 0.6 is 0 Å². The Kier molecular flexibility index (Phi) is 4.44. The van der Waals surface area contributed by atoms with Gasteiger partial charge in [0.2, 0.25) is 5.91 Å². The molecule has 0 atom stereocenters. The molecular weight excluding hydrogens is 276 g/mol. The molecule has 0 N–H and O–H groups in total. The number of hydrogen-bond donors (Lipinski definition) is 0. The summed E-state index contributed by atoms with van der Waals surface area (Å²) in [7, 11) is 1.21. The second-order valence-corrected chi connectivity index (χ2v) is 9.05. The highest BCUT2D eigenvalue weighted by Crippen LogP contribution is 2.50. The Morgan fingerprint density at radius 1 is 1.25 bits per heavy atom. The Labute approximate surface area is 122 Å². The van der Waals surface area contributed by atoms with Crippen LogP contribution in [0.3, 0.4) is 0 Å². The maximum atomic E-state index is 12.0. The first kappa shape index (κ1) is 15.8. The molecule has 2 rings (SSSR count). The van der Waals surface area contributed by atoms with Crippen molar-refractivity contribution in [1.29, 1.82) is 0 Å². The van der Waals surface area contributed by atoms with Crippen molar-refractivity contribution < 1.29 is 13.2 Å². The van der Waals surface area contributed by atoms with Crippen LogP contribution in [0.4, 0.5) is 0 Å². The van der Waals surface area contributed by atoms with Crippen molar-refractivity contribution in [3.8, 4) is 0 Å². The molecule has 1 amide bonds. The highest BCUT2D eigenvalue weighted by atomic mass is 32.2. The van der Waals surface area contributed by atoms with E-state index >= 15 is 0 Å². The number of amides is 1. The van der Waals surface area contributed by atoms with Crippen LogP contribution < -0.4 is 0 Å². The number of carbonyl (C=O) groups excluding carboxylic acids is 1. The number of nitrogens with zero attached hydrogens (tertiary/aromatic N) is 2. The molecule has 0 aromatic heterocycles. The smallest absolute Gasteiger partial charge is 0.223 e. The predicted molar refractivity (Wildman–Crippen MR) is 79.3 cm³/mol. The number of rotatable bonds is 4. The van der Waals surface area contributed by atoms with Gasteiger partial charge in [0.05, 0.1) is 5.75 Å². The molecule has 1 spiro atoms. The molecule has 0 aromatic rings. The van der Waals surface area contributed by atoms with Gasteiger partial charge >= 0.3 is 0 Å². The third-order valence-electron chi connectivity index (χ3n) is 4.93. The first-order chi connectivity index (χ1) is 9.21. The number of sulfone groups is 1. The monoisotopic (exact) mass is 302 g/mol. The van der Waals surface area contributed by atoms with Gasteiger partial charge in [0.1, 0.15) is 9.84 Å². The zero-order valence-corrected chi connectivity index (χ0v) is 13.6. The van der Waals surface area contributed by atoms with Gasteiger partial charge in [-0.05, 0) is 45.2 Å². The van der Waals surface area contributed by atoms with E-state index < -0.39 is 9.84 Å². The van der Waals surface area contributed by atoms with Crippen molar-refractivity contribution in [2.45, 2.75) is 38.1 Å². The zero-order chi connectivity index (χ0) is 15.0. The highest BCUT2D eigenvalue weighted by Gasteiger charge is 2.46. The van der Waals surface area contributed by atoms with Crippen molar-refractivity contribution in [3.05, 3.63) is 0 Å². The van der Waals surface area contributed by atoms with Gasteiger partial charge in [-0.15, -0.1) is 0 Å². The standard InChI is InChI=1S/C14H26N2O3S/c1-15(2)12-10-14(11-12)5-7-16(8-6-14)13(17)4-9-20(3,18)19/h12H,4-11H2,1-3H3. The first-order valence-electron chi connectivity index (χ1n) is 7.33. The van der Waals surface area contributed by atoms with Crippen LogP contribution in [0.25, 0.3) is 0 Å². The molecule has 5 nitrogen and oxygen atoms in total. The fourth-order valence-electron chi connectivity index (χ4n) is 3.37. The minimum atomic E-state index is -3.04. The van der Waals surface area contributed by atoms with Gasteiger partial charge in [-0.2, -0.15) is 0 Å². The Morgan fingerprint density at radius 2 is 1.80 bits per heavy atom. The molecule has 2 aliphatic rings. The van der Waals surface area contributed by atoms with E-state index in [1.165, 1.54) is 19.1 Å². The zero-order valence-electron chi connectivity index (χ0n) is 12.8. The number of likely N-dealkylation sites (tertiary alicyclic amines) is 1. The Hall–Kier alpha value is -0.620. The van der Waals surface area contributed by atoms with Crippen LogP contribution in [0.15, 0.2) is 0 Å². The second kappa shape index (κ2) is 5.64. The summed E-state index contributed by atoms with van der Waals surface area (Å²) in [5, 5.41) is 0. The lowest BCUT2D eigenvalue weighted by Crippen LogP contribution is -2.54. The quantitative estimate of drug-likeness (QED) is 0.769. The van der Waals surface area contributed by atoms with Gasteiger partial charge in [0.15, 0.2) is 0 Å². The van der Waals surface area contributed by atoms with Crippen LogP contribution in [-0.4, -0.2) is 69.4 Å². The average Bonchev–Trinajstić information content (AvgIpc) is 2.32. The molecular formula is C14H26N2O3S. The summed E-state index contributed by atoms with van der Waals surface area (Å²) in [5.41, 5.74) is 0.447. The summed E-state index contributed by atoms with van der Waals surface area (Å²) >= 11 is 0. The molecule has 1 heterocycles. The van der Waals surface area contributed by atoms with E-state index in [1.807, 2.05) is 4.90 Å². The van der Waals surface area contributed by atoms with Crippen molar-refractivity contribution in [2.24, 2.45) is 5.41 Å². The van der Waals surface area contributed by atoms with E-state index in [0.717, 1.165) is 25.9 Å². The fraction of sp³-hybridized carbons (Fsp3) is 0.929. The van der Waals surface area contributed by atoms with E-state index in [2.05, 4.69) is 19.0 Å². The summed E-state index contributed by atoms with van der Waals surface area (Å²) in [6, 6.07) is 0.697. The Bertz CT molecular complexity index is 457. The van der Waals surface area contributed by atoms with E-state index in [-0.39, 0.29) is 18.1 Å². The van der Waals surface area contributed by atoms with Gasteiger partial charge in [-0.3, -0.25) is 4.79 Å². The molecule has 20 heavy (non-hydrogen) atoms. The van der Waals surface area contributed by atoms with Crippen LogP contribution in [0.1, 0.15) is 32.1 Å². The van der Waals surface area contributed by atoms with Crippen LogP contribution in [-0.2, 0) is 14.6 Å². The maximum absolute atomic E-state index is 12.0. The van der Waals surface area contributed by atoms with E-state index in [9.17, 15) is 13.2 Å². The molecule has 0 aromatic carbocycles. The molecule has 6 heteroatoms. The highest BCUT2D eigenvalue weighted by molar-refractivity contribution is 7.90. The molecule has 1 aliphatic heterocycles. The van der Waals surface area contributed by atoms with Crippen LogP contribution in [0.5, 0.6) is 0 Å². The fourth-order valence-corrected chi connectivity index (χ4v) is 3.92. The van der Waals surface area contributed by atoms with Gasteiger partial charge in [-0.1, -0.05) is 0 Å². The van der Waals surface area contributed by atoms with Gasteiger partial charge in [0, 0.05) is 31.8 Å². The summed E-state index contributed by atoms with van der Waals surface area (Å²) < 4.78 is 22.2. The summed E-state index contributed by atoms with van der Waals surface area (Å²) in [6.07, 6.45) is 5.94. The summed E-state index contributed by atoms with van der Waals surface area (Å²) in [4.78, 5) is 16.1. The van der Waals surface area contributed by atoms with Gasteiger partial charge in [-0.25, -0.2) is 8.42 Å². The molecule has 116 valence electrons. The van der Waals surface area contributed by atoms with E-state index in [1.54, 1.807) is 0 Å². The van der Waals surface area contributed by atoms with Crippen LogP contribution in [0.2, 0.25) is 0 Å². The summed E-state index contributed by atoms with van der Waals surface area (Å²) in [5.74, 6) is -0.0373. The minimum absolute atomic E-state index is 0.00578. The number of piperidine rings is 1. The average molecular weight is 302 g/mol. The molecule has 0 radical (unpaired) electrons. The summed E-state index contributed by atoms with van der Waals surface area (Å²) in [6.45, 7) is 1.59. The van der Waals surface area contributed by atoms with Crippen molar-refractivity contribution in [2.75, 3.05) is 39.2 Å². The second-order valence-electron chi connectivity index (χ2n) is 6.79. The lowest BCUT2D eigenvalue weighted by molar-refractivity contribution is -0.135. The van der Waals surface area contributed by atoms with Crippen molar-refractivity contribution in [1.82, 2.24) is 9.80 Å². The topological polar surface area (TPSA) is 57.7 Å². The number of carbonyl (C=O) groups is 1. The molecule has 2 fully saturated rings. The molecule has 0 bridgehead atoms. The van der Waals surface area contributed by atoms with Gasteiger partial charge in [0.25, 0.3) is 0 Å². The molecule has 1 aliphatic carbocycles. The largest absolute Gasteiger partial charge is 0.343 e. The third-order valence-corrected chi connectivity index (χ3v) is 5.88. The third kappa shape index (κ3) is 3.73. The van der Waals surface area contributed by atoms with E-state index in [4.69, 9.17) is 0 Å². The Balaban J connectivity index is 1.76. The van der Waals surface area contributed by atoms with Crippen LogP contribution in [0, 0.1) is 5.41 Å². The molecule has 0 unspecified atom stereocenters. The lowest BCUT2D eigenvalue weighted by Gasteiger charge is -2.54. The van der Waals surface area contributed by atoms with Gasteiger partial charge < -0.3 is 9.80 Å². The predicted octanol–water partition coefficient (Wildman–Crippen LogP) is 0.754. The first-order valence-corrected chi connectivity index (χ1v) is 9.39. The normalized spacial score (nSPS) is 23.1. The van der Waals surface area contributed by atoms with E-state index in [0.29, 0.717) is 11.5 Å². The van der Waals surface area contributed by atoms with Crippen molar-refractivity contribution >= 4 is 15.7 Å². The molecule has 1 saturated heterocycles. The molecule has 1 saturated carbocycles. The van der Waals surface area contributed by atoms with Crippen molar-refractivity contribution in [3.63, 3.8) is 0 Å².